The molecule has 4 aromatic rings. The Labute approximate surface area is 267 Å². The van der Waals surface area contributed by atoms with Gasteiger partial charge in [0.25, 0.3) is 5.95 Å². The molecule has 2 amide bonds. The molecule has 1 aliphatic carbocycles. The highest BCUT2D eigenvalue weighted by molar-refractivity contribution is 7.77. The number of aliphatic hydroxyl groups excluding tert-OH is 1. The van der Waals surface area contributed by atoms with Crippen LogP contribution in [-0.4, -0.2) is 17.7 Å². The number of allylic oxidation sites excluding steroid dienone is 5. The van der Waals surface area contributed by atoms with Gasteiger partial charge in [-0.3, -0.25) is 0 Å². The van der Waals surface area contributed by atoms with Crippen LogP contribution in [0.5, 0.6) is 0 Å². The van der Waals surface area contributed by atoms with Crippen molar-refractivity contribution in [1.82, 2.24) is 5.32 Å². The topological polar surface area (TPSA) is 70.6 Å². The molecule has 12 heteroatoms. The second kappa shape index (κ2) is 14.2. The van der Waals surface area contributed by atoms with Crippen molar-refractivity contribution in [1.29, 1.82) is 0 Å². The van der Waals surface area contributed by atoms with Gasteiger partial charge in [0.05, 0.1) is 22.7 Å². The van der Waals surface area contributed by atoms with Crippen LogP contribution in [0.4, 0.5) is 36.8 Å². The lowest BCUT2D eigenvalue weighted by molar-refractivity contribution is -0.143. The summed E-state index contributed by atoms with van der Waals surface area (Å²) in [6.45, 7) is -0.321. The number of rotatable bonds is 9. The first-order valence-electron chi connectivity index (χ1n) is 14.2. The molecule has 3 N–H and O–H groups in total. The van der Waals surface area contributed by atoms with Gasteiger partial charge in [0.15, 0.2) is 0 Å². The molecule has 242 valence electrons. The fourth-order valence-electron chi connectivity index (χ4n) is 4.87. The number of aliphatic hydroxyl groups is 1. The van der Waals surface area contributed by atoms with Gasteiger partial charge in [0, 0.05) is 5.69 Å². The van der Waals surface area contributed by atoms with E-state index in [0.717, 1.165) is 15.9 Å². The average Bonchev–Trinajstić information content (AvgIpc) is 3.53. The molecule has 0 saturated heterocycles. The van der Waals surface area contributed by atoms with E-state index in [1.54, 1.807) is 42.5 Å². The number of anilines is 1. The van der Waals surface area contributed by atoms with Crippen LogP contribution < -0.4 is 21.2 Å². The van der Waals surface area contributed by atoms with Gasteiger partial charge in [0.1, 0.15) is 6.61 Å². The highest BCUT2D eigenvalue weighted by Gasteiger charge is 2.37. The van der Waals surface area contributed by atoms with Gasteiger partial charge in [0.2, 0.25) is 0 Å². The first kappa shape index (κ1) is 33.3. The van der Waals surface area contributed by atoms with Gasteiger partial charge in [-0.1, -0.05) is 103 Å². The Balaban J connectivity index is 1.38. The lowest BCUT2D eigenvalue weighted by Crippen LogP contribution is -2.35. The van der Waals surface area contributed by atoms with Crippen molar-refractivity contribution in [2.24, 2.45) is 0 Å². The second-order valence-electron chi connectivity index (χ2n) is 10.3. The normalized spacial score (nSPS) is 14.8. The molecule has 1 atom stereocenters. The highest BCUT2D eigenvalue weighted by atomic mass is 31.1. The summed E-state index contributed by atoms with van der Waals surface area (Å²) < 4.78 is 85.8. The van der Waals surface area contributed by atoms with Crippen molar-refractivity contribution in [3.8, 4) is 0 Å². The molecule has 5 rings (SSSR count). The molecule has 47 heavy (non-hydrogen) atoms. The number of benzene rings is 4. The SMILES string of the molecule is O=C(Nc1cc(C(F)(F)F)cc(C(F)(F)F)c1)NC(CO/C(O)=C1/C=CC=C1P(c1ccccc1)c1ccccc1)c1ccccc1. The van der Waals surface area contributed by atoms with Crippen molar-refractivity contribution in [3.63, 3.8) is 0 Å². The Morgan fingerprint density at radius 1 is 0.766 bits per heavy atom. The zero-order valence-corrected chi connectivity index (χ0v) is 25.3. The van der Waals surface area contributed by atoms with Crippen LogP contribution in [0.15, 0.2) is 144 Å². The number of alkyl halides is 6. The molecule has 0 spiro atoms. The van der Waals surface area contributed by atoms with Crippen LogP contribution in [0.2, 0.25) is 0 Å². The van der Waals surface area contributed by atoms with E-state index in [-0.39, 0.29) is 12.7 Å². The van der Waals surface area contributed by atoms with Crippen LogP contribution in [-0.2, 0) is 17.1 Å². The van der Waals surface area contributed by atoms with Crippen molar-refractivity contribution < 1.29 is 41.0 Å². The first-order chi connectivity index (χ1) is 22.4. The third kappa shape index (κ3) is 8.42. The first-order valence-corrected chi connectivity index (χ1v) is 15.5. The molecule has 4 aromatic carbocycles. The fraction of sp³-hybridized carbons (Fsp3) is 0.114. The maximum atomic E-state index is 13.3. The maximum absolute atomic E-state index is 13.3. The highest BCUT2D eigenvalue weighted by Crippen LogP contribution is 2.49. The molecule has 0 bridgehead atoms. The lowest BCUT2D eigenvalue weighted by Gasteiger charge is -2.23. The number of carbonyl (C=O) groups excluding carboxylic acids is 1. The number of ether oxygens (including phenoxy) is 1. The third-order valence-corrected chi connectivity index (χ3v) is 9.53. The summed E-state index contributed by atoms with van der Waals surface area (Å²) in [7, 11) is -1.10. The monoisotopic (exact) mass is 668 g/mol. The van der Waals surface area contributed by atoms with E-state index in [4.69, 9.17) is 4.74 Å². The van der Waals surface area contributed by atoms with E-state index in [9.17, 15) is 36.2 Å². The Kier molecular flexibility index (Phi) is 10.1. The zero-order chi connectivity index (χ0) is 33.6. The summed E-state index contributed by atoms with van der Waals surface area (Å²) in [6, 6.07) is 26.7. The summed E-state index contributed by atoms with van der Waals surface area (Å²) in [5.41, 5.74) is -2.90. The summed E-state index contributed by atoms with van der Waals surface area (Å²) in [5, 5.41) is 18.7. The van der Waals surface area contributed by atoms with Crippen molar-refractivity contribution in [2.45, 2.75) is 18.4 Å². The molecule has 0 radical (unpaired) electrons. The summed E-state index contributed by atoms with van der Waals surface area (Å²) in [5.74, 6) is -0.416. The molecule has 5 nitrogen and oxygen atoms in total. The predicted molar refractivity (Wildman–Crippen MR) is 170 cm³/mol. The Bertz CT molecular complexity index is 1720. The standard InChI is InChI=1S/C35H27F6N2O3P/c36-34(37,38)24-19-25(35(39,40)41)21-26(20-24)42-33(45)43-30(23-11-4-1-5-12-23)22-46-32(44)29-17-10-18-31(29)47(27-13-6-2-7-14-27)28-15-8-3-9-16-28/h1-21,30,44H,22H2,(H2,42,43,45)/b32-29-. The van der Waals surface area contributed by atoms with E-state index in [1.807, 2.05) is 66.7 Å². The predicted octanol–water partition coefficient (Wildman–Crippen LogP) is 8.96. The van der Waals surface area contributed by atoms with Crippen LogP contribution in [0.1, 0.15) is 22.7 Å². The number of halogens is 6. The molecule has 0 fully saturated rings. The van der Waals surface area contributed by atoms with Crippen molar-refractivity contribution in [3.05, 3.63) is 161 Å². The minimum atomic E-state index is -5.08. The Hall–Kier alpha value is -5.02. The number of hydrogen-bond donors (Lipinski definition) is 3. The summed E-state index contributed by atoms with van der Waals surface area (Å²) in [6.07, 6.45) is -4.78. The third-order valence-electron chi connectivity index (χ3n) is 7.03. The molecular formula is C35H27F6N2O3P. The number of hydrogen-bond acceptors (Lipinski definition) is 3. The van der Waals surface area contributed by atoms with Crippen LogP contribution in [0, 0.1) is 0 Å². The minimum Gasteiger partial charge on any atom is -0.481 e. The molecule has 1 aliphatic rings. The second-order valence-corrected chi connectivity index (χ2v) is 12.5. The molecule has 0 aliphatic heterocycles. The molecule has 1 unspecified atom stereocenters. The van der Waals surface area contributed by atoms with E-state index >= 15 is 0 Å². The van der Waals surface area contributed by atoms with Gasteiger partial charge >= 0.3 is 18.4 Å². The van der Waals surface area contributed by atoms with Crippen LogP contribution in [0.3, 0.4) is 0 Å². The largest absolute Gasteiger partial charge is 0.481 e. The molecule has 0 aromatic heterocycles. The minimum absolute atomic E-state index is 0.0262. The van der Waals surface area contributed by atoms with E-state index in [0.29, 0.717) is 23.3 Å². The lowest BCUT2D eigenvalue weighted by atomic mass is 10.1. The summed E-state index contributed by atoms with van der Waals surface area (Å²) in [4.78, 5) is 12.9. The number of urea groups is 1. The zero-order valence-electron chi connectivity index (χ0n) is 24.4. The van der Waals surface area contributed by atoms with Gasteiger partial charge in [-0.05, 0) is 53.7 Å². The van der Waals surface area contributed by atoms with E-state index in [1.165, 1.54) is 0 Å². The van der Waals surface area contributed by atoms with Gasteiger partial charge in [-0.2, -0.15) is 26.3 Å². The quantitative estimate of drug-likeness (QED) is 0.0948. The molecule has 0 saturated carbocycles. The van der Waals surface area contributed by atoms with Crippen molar-refractivity contribution in [2.75, 3.05) is 11.9 Å². The van der Waals surface area contributed by atoms with E-state index < -0.39 is 55.1 Å². The molecular weight excluding hydrogens is 641 g/mol. The Morgan fingerprint density at radius 3 is 1.79 bits per heavy atom. The smallest absolute Gasteiger partial charge is 0.416 e. The fourth-order valence-corrected chi connectivity index (χ4v) is 7.31. The number of nitrogens with one attached hydrogen (secondary N) is 2. The van der Waals surface area contributed by atoms with Gasteiger partial charge in [-0.15, -0.1) is 0 Å². The van der Waals surface area contributed by atoms with E-state index in [2.05, 4.69) is 10.6 Å². The van der Waals surface area contributed by atoms with Crippen LogP contribution >= 0.6 is 7.92 Å². The molecule has 0 heterocycles. The van der Waals surface area contributed by atoms with Crippen LogP contribution in [0.25, 0.3) is 0 Å². The Morgan fingerprint density at radius 2 is 1.28 bits per heavy atom. The number of carbonyl (C=O) groups is 1. The van der Waals surface area contributed by atoms with Gasteiger partial charge < -0.3 is 20.5 Å². The maximum Gasteiger partial charge on any atom is 0.416 e. The van der Waals surface area contributed by atoms with Crippen molar-refractivity contribution >= 4 is 30.2 Å². The van der Waals surface area contributed by atoms with Gasteiger partial charge in [-0.25, -0.2) is 4.79 Å². The average molecular weight is 669 g/mol. The number of amides is 2. The summed E-state index contributed by atoms with van der Waals surface area (Å²) >= 11 is 0.